The standard InChI is InChI=1S/C13H19NO2/c1-10(2)16-9-13(15)14-8-12-7-5-4-6-11(12)3/h4-7,10H,8-9H2,1-3H3,(H,14,15). The predicted molar refractivity (Wildman–Crippen MR) is 64.1 cm³/mol. The minimum Gasteiger partial charge on any atom is -0.369 e. The Morgan fingerprint density at radius 2 is 2.06 bits per heavy atom. The van der Waals surface area contributed by atoms with Crippen LogP contribution in [0.2, 0.25) is 0 Å². The second-order valence-corrected chi connectivity index (χ2v) is 4.06. The van der Waals surface area contributed by atoms with Gasteiger partial charge >= 0.3 is 0 Å². The number of hydrogen-bond donors (Lipinski definition) is 1. The Kier molecular flexibility index (Phi) is 4.99. The molecule has 1 rings (SSSR count). The zero-order valence-electron chi connectivity index (χ0n) is 10.1. The molecule has 1 amide bonds. The van der Waals surface area contributed by atoms with Gasteiger partial charge in [-0.3, -0.25) is 4.79 Å². The van der Waals surface area contributed by atoms with Gasteiger partial charge in [-0.15, -0.1) is 0 Å². The first kappa shape index (κ1) is 12.7. The zero-order chi connectivity index (χ0) is 12.0. The lowest BCUT2D eigenvalue weighted by atomic mass is 10.1. The third-order valence-corrected chi connectivity index (χ3v) is 2.29. The van der Waals surface area contributed by atoms with E-state index in [1.54, 1.807) is 0 Å². The molecule has 0 aliphatic carbocycles. The molecule has 0 bridgehead atoms. The Hall–Kier alpha value is -1.35. The van der Waals surface area contributed by atoms with Crippen LogP contribution in [0, 0.1) is 6.92 Å². The maximum atomic E-state index is 11.4. The number of nitrogens with one attached hydrogen (secondary N) is 1. The molecule has 0 saturated carbocycles. The Labute approximate surface area is 96.8 Å². The molecule has 0 atom stereocenters. The lowest BCUT2D eigenvalue weighted by Gasteiger charge is -2.09. The fraction of sp³-hybridized carbons (Fsp3) is 0.462. The highest BCUT2D eigenvalue weighted by atomic mass is 16.5. The van der Waals surface area contributed by atoms with E-state index in [1.165, 1.54) is 5.56 Å². The van der Waals surface area contributed by atoms with Crippen molar-refractivity contribution in [2.45, 2.75) is 33.4 Å². The van der Waals surface area contributed by atoms with E-state index in [1.807, 2.05) is 45.0 Å². The number of hydrogen-bond acceptors (Lipinski definition) is 2. The number of rotatable bonds is 5. The molecule has 0 aromatic heterocycles. The largest absolute Gasteiger partial charge is 0.369 e. The average Bonchev–Trinajstić information content (AvgIpc) is 2.25. The fourth-order valence-electron chi connectivity index (χ4n) is 1.30. The molecule has 3 heteroatoms. The number of amides is 1. The van der Waals surface area contributed by atoms with Crippen molar-refractivity contribution in [2.75, 3.05) is 6.61 Å². The molecular formula is C13H19NO2. The van der Waals surface area contributed by atoms with Crippen LogP contribution < -0.4 is 5.32 Å². The summed E-state index contributed by atoms with van der Waals surface area (Å²) in [5, 5.41) is 2.83. The van der Waals surface area contributed by atoms with Gasteiger partial charge in [0.1, 0.15) is 6.61 Å². The van der Waals surface area contributed by atoms with Gasteiger partial charge in [-0.25, -0.2) is 0 Å². The second kappa shape index (κ2) is 6.28. The van der Waals surface area contributed by atoms with Gasteiger partial charge in [-0.2, -0.15) is 0 Å². The molecule has 16 heavy (non-hydrogen) atoms. The highest BCUT2D eigenvalue weighted by molar-refractivity contribution is 5.77. The van der Waals surface area contributed by atoms with E-state index < -0.39 is 0 Å². The minimum absolute atomic E-state index is 0.0723. The molecule has 0 saturated heterocycles. The normalized spacial score (nSPS) is 10.5. The van der Waals surface area contributed by atoms with Crippen molar-refractivity contribution in [2.24, 2.45) is 0 Å². The van der Waals surface area contributed by atoms with E-state index in [0.717, 1.165) is 5.56 Å². The third-order valence-electron chi connectivity index (χ3n) is 2.29. The summed E-state index contributed by atoms with van der Waals surface area (Å²) >= 11 is 0. The van der Waals surface area contributed by atoms with Crippen LogP contribution in [0.1, 0.15) is 25.0 Å². The molecule has 1 aromatic rings. The maximum absolute atomic E-state index is 11.4. The SMILES string of the molecule is Cc1ccccc1CNC(=O)COC(C)C. The number of ether oxygens (including phenoxy) is 1. The van der Waals surface area contributed by atoms with Crippen molar-refractivity contribution in [1.82, 2.24) is 5.32 Å². The van der Waals surface area contributed by atoms with E-state index in [0.29, 0.717) is 6.54 Å². The first-order valence-corrected chi connectivity index (χ1v) is 5.52. The Balaban J connectivity index is 2.35. The summed E-state index contributed by atoms with van der Waals surface area (Å²) in [6.45, 7) is 6.55. The minimum atomic E-state index is -0.0723. The van der Waals surface area contributed by atoms with Crippen LogP contribution in [0.25, 0.3) is 0 Å². The van der Waals surface area contributed by atoms with E-state index in [4.69, 9.17) is 4.74 Å². The zero-order valence-corrected chi connectivity index (χ0v) is 10.1. The highest BCUT2D eigenvalue weighted by Crippen LogP contribution is 2.05. The molecule has 0 heterocycles. The summed E-state index contributed by atoms with van der Waals surface area (Å²) in [5.41, 5.74) is 2.33. The summed E-state index contributed by atoms with van der Waals surface area (Å²) in [6.07, 6.45) is 0.0872. The summed E-state index contributed by atoms with van der Waals surface area (Å²) in [6, 6.07) is 8.01. The summed E-state index contributed by atoms with van der Waals surface area (Å²) in [4.78, 5) is 11.4. The van der Waals surface area contributed by atoms with Gasteiger partial charge in [0.15, 0.2) is 0 Å². The maximum Gasteiger partial charge on any atom is 0.246 e. The van der Waals surface area contributed by atoms with Gasteiger partial charge in [0.25, 0.3) is 0 Å². The second-order valence-electron chi connectivity index (χ2n) is 4.06. The fourth-order valence-corrected chi connectivity index (χ4v) is 1.30. The van der Waals surface area contributed by atoms with Gasteiger partial charge in [0, 0.05) is 6.54 Å². The van der Waals surface area contributed by atoms with Crippen molar-refractivity contribution < 1.29 is 9.53 Å². The van der Waals surface area contributed by atoms with Crippen LogP contribution in [0.3, 0.4) is 0 Å². The van der Waals surface area contributed by atoms with Crippen LogP contribution in [0.4, 0.5) is 0 Å². The Morgan fingerprint density at radius 1 is 1.38 bits per heavy atom. The topological polar surface area (TPSA) is 38.3 Å². The molecule has 0 radical (unpaired) electrons. The van der Waals surface area contributed by atoms with Gasteiger partial charge in [-0.05, 0) is 31.9 Å². The predicted octanol–water partition coefficient (Wildman–Crippen LogP) is 2.04. The molecular weight excluding hydrogens is 202 g/mol. The number of aryl methyl sites for hydroxylation is 1. The van der Waals surface area contributed by atoms with Crippen molar-refractivity contribution in [1.29, 1.82) is 0 Å². The smallest absolute Gasteiger partial charge is 0.246 e. The van der Waals surface area contributed by atoms with Crippen LogP contribution in [0.15, 0.2) is 24.3 Å². The quantitative estimate of drug-likeness (QED) is 0.826. The molecule has 0 spiro atoms. The lowest BCUT2D eigenvalue weighted by molar-refractivity contribution is -0.127. The van der Waals surface area contributed by atoms with E-state index in [-0.39, 0.29) is 18.6 Å². The van der Waals surface area contributed by atoms with Crippen LogP contribution in [-0.2, 0) is 16.1 Å². The molecule has 88 valence electrons. The number of carbonyl (C=O) groups excluding carboxylic acids is 1. The summed E-state index contributed by atoms with van der Waals surface area (Å²) in [5.74, 6) is -0.0723. The van der Waals surface area contributed by atoms with Crippen molar-refractivity contribution in [3.63, 3.8) is 0 Å². The molecule has 0 aliphatic heterocycles. The van der Waals surface area contributed by atoms with Crippen molar-refractivity contribution >= 4 is 5.91 Å². The molecule has 0 aliphatic rings. The molecule has 1 aromatic carbocycles. The first-order valence-electron chi connectivity index (χ1n) is 5.52. The van der Waals surface area contributed by atoms with Crippen molar-refractivity contribution in [3.05, 3.63) is 35.4 Å². The third kappa shape index (κ3) is 4.45. The molecule has 0 fully saturated rings. The Morgan fingerprint density at radius 3 is 2.69 bits per heavy atom. The molecule has 1 N–H and O–H groups in total. The number of benzene rings is 1. The van der Waals surface area contributed by atoms with E-state index in [2.05, 4.69) is 5.32 Å². The van der Waals surface area contributed by atoms with E-state index >= 15 is 0 Å². The summed E-state index contributed by atoms with van der Waals surface area (Å²) in [7, 11) is 0. The van der Waals surface area contributed by atoms with Gasteiger partial charge < -0.3 is 10.1 Å². The van der Waals surface area contributed by atoms with Crippen molar-refractivity contribution in [3.8, 4) is 0 Å². The highest BCUT2D eigenvalue weighted by Gasteiger charge is 2.03. The molecule has 0 unspecified atom stereocenters. The van der Waals surface area contributed by atoms with Crippen LogP contribution >= 0.6 is 0 Å². The van der Waals surface area contributed by atoms with Gasteiger partial charge in [-0.1, -0.05) is 24.3 Å². The monoisotopic (exact) mass is 221 g/mol. The van der Waals surface area contributed by atoms with E-state index in [9.17, 15) is 4.79 Å². The molecule has 3 nitrogen and oxygen atoms in total. The van der Waals surface area contributed by atoms with Crippen LogP contribution in [0.5, 0.6) is 0 Å². The van der Waals surface area contributed by atoms with Gasteiger partial charge in [0.2, 0.25) is 5.91 Å². The average molecular weight is 221 g/mol. The van der Waals surface area contributed by atoms with Crippen LogP contribution in [-0.4, -0.2) is 18.6 Å². The Bertz CT molecular complexity index is 348. The van der Waals surface area contributed by atoms with Gasteiger partial charge in [0.05, 0.1) is 6.10 Å². The first-order chi connectivity index (χ1) is 7.59. The lowest BCUT2D eigenvalue weighted by Crippen LogP contribution is -2.28. The summed E-state index contributed by atoms with van der Waals surface area (Å²) < 4.78 is 5.21. The number of carbonyl (C=O) groups is 1.